The van der Waals surface area contributed by atoms with Crippen molar-refractivity contribution in [2.45, 2.75) is 25.3 Å². The van der Waals surface area contributed by atoms with Gasteiger partial charge in [0.2, 0.25) is 5.91 Å². The average Bonchev–Trinajstić information content (AvgIpc) is 3.11. The van der Waals surface area contributed by atoms with Gasteiger partial charge in [-0.15, -0.1) is 11.8 Å². The number of hydrogen-bond acceptors (Lipinski definition) is 4. The van der Waals surface area contributed by atoms with Crippen molar-refractivity contribution in [1.29, 1.82) is 0 Å². The largest absolute Gasteiger partial charge is 0.481 e. The van der Waals surface area contributed by atoms with Crippen molar-refractivity contribution >= 4 is 41.1 Å². The van der Waals surface area contributed by atoms with Gasteiger partial charge in [0.15, 0.2) is 0 Å². The van der Waals surface area contributed by atoms with Gasteiger partial charge in [0.1, 0.15) is 6.04 Å². The van der Waals surface area contributed by atoms with Crippen LogP contribution in [0.4, 0.5) is 0 Å². The molecule has 0 aliphatic carbocycles. The minimum atomic E-state index is -0.790. The standard InChI is InChI=1S/C18H21ClN2O4S/c19-14-3-1-13(2-4-14)17(24)21-11-26-10-15(21)18(25)20-7-5-12(6-8-20)9-16(22)23/h1-4,12,15H,5-11H2,(H,22,23). The van der Waals surface area contributed by atoms with Crippen LogP contribution in [0.3, 0.4) is 0 Å². The molecule has 140 valence electrons. The molecule has 2 saturated heterocycles. The highest BCUT2D eigenvalue weighted by Crippen LogP contribution is 2.27. The number of nitrogens with zero attached hydrogens (tertiary/aromatic N) is 2. The lowest BCUT2D eigenvalue weighted by atomic mass is 9.93. The van der Waals surface area contributed by atoms with Gasteiger partial charge in [-0.1, -0.05) is 11.6 Å². The number of hydrogen-bond donors (Lipinski definition) is 1. The van der Waals surface area contributed by atoms with Crippen LogP contribution < -0.4 is 0 Å². The topological polar surface area (TPSA) is 77.9 Å². The highest BCUT2D eigenvalue weighted by Gasteiger charge is 2.38. The summed E-state index contributed by atoms with van der Waals surface area (Å²) in [4.78, 5) is 39.9. The van der Waals surface area contributed by atoms with Crippen molar-refractivity contribution in [2.24, 2.45) is 5.92 Å². The van der Waals surface area contributed by atoms with E-state index < -0.39 is 12.0 Å². The first-order chi connectivity index (χ1) is 12.5. The second kappa shape index (κ2) is 8.31. The van der Waals surface area contributed by atoms with Gasteiger partial charge in [-0.3, -0.25) is 14.4 Å². The van der Waals surface area contributed by atoms with Crippen molar-refractivity contribution in [3.05, 3.63) is 34.9 Å². The number of piperidine rings is 1. The van der Waals surface area contributed by atoms with Gasteiger partial charge in [-0.25, -0.2) is 0 Å². The minimum Gasteiger partial charge on any atom is -0.481 e. The minimum absolute atomic E-state index is 0.0360. The molecule has 2 aliphatic heterocycles. The number of aliphatic carboxylic acids is 1. The molecule has 1 aromatic rings. The molecule has 0 bridgehead atoms. The molecule has 1 aromatic carbocycles. The number of thioether (sulfide) groups is 1. The first kappa shape index (κ1) is 19.0. The molecule has 2 amide bonds. The number of likely N-dealkylation sites (tertiary alicyclic amines) is 1. The first-order valence-corrected chi connectivity index (χ1v) is 10.1. The first-order valence-electron chi connectivity index (χ1n) is 8.60. The number of carbonyl (C=O) groups excluding carboxylic acids is 2. The zero-order chi connectivity index (χ0) is 18.7. The van der Waals surface area contributed by atoms with E-state index in [1.54, 1.807) is 45.8 Å². The predicted octanol–water partition coefficient (Wildman–Crippen LogP) is 2.57. The molecule has 0 radical (unpaired) electrons. The van der Waals surface area contributed by atoms with E-state index in [1.807, 2.05) is 0 Å². The second-order valence-electron chi connectivity index (χ2n) is 6.66. The van der Waals surface area contributed by atoms with Crippen LogP contribution in [-0.4, -0.2) is 63.5 Å². The molecule has 0 saturated carbocycles. The van der Waals surface area contributed by atoms with Gasteiger partial charge in [0, 0.05) is 35.8 Å². The Bertz CT molecular complexity index is 689. The van der Waals surface area contributed by atoms with Gasteiger partial charge < -0.3 is 14.9 Å². The Morgan fingerprint density at radius 3 is 2.42 bits per heavy atom. The zero-order valence-electron chi connectivity index (χ0n) is 14.3. The lowest BCUT2D eigenvalue weighted by Gasteiger charge is -2.35. The molecule has 2 fully saturated rings. The summed E-state index contributed by atoms with van der Waals surface area (Å²) in [7, 11) is 0. The summed E-state index contributed by atoms with van der Waals surface area (Å²) in [6.07, 6.45) is 1.55. The van der Waals surface area contributed by atoms with Crippen molar-refractivity contribution in [1.82, 2.24) is 9.80 Å². The number of halogens is 1. The summed E-state index contributed by atoms with van der Waals surface area (Å²) >= 11 is 7.44. The number of carboxylic acid groups (broad SMARTS) is 1. The summed E-state index contributed by atoms with van der Waals surface area (Å²) in [5.74, 6) is 0.223. The number of carboxylic acids is 1. The van der Waals surface area contributed by atoms with Crippen LogP contribution in [0.15, 0.2) is 24.3 Å². The maximum absolute atomic E-state index is 12.9. The summed E-state index contributed by atoms with van der Waals surface area (Å²) < 4.78 is 0. The van der Waals surface area contributed by atoms with E-state index in [-0.39, 0.29) is 24.2 Å². The van der Waals surface area contributed by atoms with E-state index in [1.165, 1.54) is 0 Å². The van der Waals surface area contributed by atoms with Gasteiger partial charge in [0.25, 0.3) is 5.91 Å². The summed E-state index contributed by atoms with van der Waals surface area (Å²) in [6.45, 7) is 1.11. The number of amides is 2. The molecule has 26 heavy (non-hydrogen) atoms. The molecule has 0 aromatic heterocycles. The van der Waals surface area contributed by atoms with Crippen LogP contribution in [-0.2, 0) is 9.59 Å². The van der Waals surface area contributed by atoms with Crippen LogP contribution in [0.2, 0.25) is 5.02 Å². The fraction of sp³-hybridized carbons (Fsp3) is 0.500. The highest BCUT2D eigenvalue weighted by molar-refractivity contribution is 7.99. The second-order valence-corrected chi connectivity index (χ2v) is 8.10. The maximum Gasteiger partial charge on any atom is 0.303 e. The Labute approximate surface area is 161 Å². The fourth-order valence-corrected chi connectivity index (χ4v) is 4.69. The fourth-order valence-electron chi connectivity index (χ4n) is 3.42. The smallest absolute Gasteiger partial charge is 0.303 e. The third-order valence-electron chi connectivity index (χ3n) is 4.91. The van der Waals surface area contributed by atoms with Crippen molar-refractivity contribution in [2.75, 3.05) is 24.7 Å². The van der Waals surface area contributed by atoms with E-state index >= 15 is 0 Å². The third-order valence-corrected chi connectivity index (χ3v) is 6.17. The molecular weight excluding hydrogens is 376 g/mol. The monoisotopic (exact) mass is 396 g/mol. The van der Waals surface area contributed by atoms with Gasteiger partial charge in [-0.05, 0) is 43.0 Å². The Morgan fingerprint density at radius 1 is 1.15 bits per heavy atom. The van der Waals surface area contributed by atoms with Crippen LogP contribution in [0.5, 0.6) is 0 Å². The third kappa shape index (κ3) is 4.32. The quantitative estimate of drug-likeness (QED) is 0.846. The Morgan fingerprint density at radius 2 is 1.81 bits per heavy atom. The van der Waals surface area contributed by atoms with Crippen molar-refractivity contribution in [3.63, 3.8) is 0 Å². The van der Waals surface area contributed by atoms with E-state index in [4.69, 9.17) is 16.7 Å². The van der Waals surface area contributed by atoms with Gasteiger partial charge in [0.05, 0.1) is 5.88 Å². The average molecular weight is 397 g/mol. The van der Waals surface area contributed by atoms with Gasteiger partial charge >= 0.3 is 5.97 Å². The summed E-state index contributed by atoms with van der Waals surface area (Å²) in [5, 5.41) is 9.46. The summed E-state index contributed by atoms with van der Waals surface area (Å²) in [6, 6.07) is 6.22. The maximum atomic E-state index is 12.9. The Kier molecular flexibility index (Phi) is 6.09. The van der Waals surface area contributed by atoms with Crippen LogP contribution in [0, 0.1) is 5.92 Å². The normalized spacial score (nSPS) is 21.0. The molecule has 8 heteroatoms. The summed E-state index contributed by atoms with van der Waals surface area (Å²) in [5.41, 5.74) is 0.523. The zero-order valence-corrected chi connectivity index (χ0v) is 15.8. The van der Waals surface area contributed by atoms with E-state index in [0.717, 1.165) is 0 Å². The van der Waals surface area contributed by atoms with Crippen LogP contribution >= 0.6 is 23.4 Å². The lowest BCUT2D eigenvalue weighted by molar-refractivity contribution is -0.139. The number of rotatable bonds is 4. The number of carbonyl (C=O) groups is 3. The highest BCUT2D eigenvalue weighted by atomic mass is 35.5. The van der Waals surface area contributed by atoms with Gasteiger partial charge in [-0.2, -0.15) is 0 Å². The van der Waals surface area contributed by atoms with E-state index in [0.29, 0.717) is 48.1 Å². The number of benzene rings is 1. The Balaban J connectivity index is 1.62. The van der Waals surface area contributed by atoms with E-state index in [2.05, 4.69) is 0 Å². The molecule has 1 unspecified atom stereocenters. The molecule has 1 atom stereocenters. The molecule has 0 spiro atoms. The van der Waals surface area contributed by atoms with Crippen molar-refractivity contribution in [3.8, 4) is 0 Å². The molecule has 3 rings (SSSR count). The molecular formula is C18H21ClN2O4S. The Hall–Kier alpha value is -1.73. The molecule has 2 heterocycles. The molecule has 2 aliphatic rings. The lowest BCUT2D eigenvalue weighted by Crippen LogP contribution is -2.51. The predicted molar refractivity (Wildman–Crippen MR) is 100 cm³/mol. The van der Waals surface area contributed by atoms with Crippen LogP contribution in [0.1, 0.15) is 29.6 Å². The van der Waals surface area contributed by atoms with Crippen LogP contribution in [0.25, 0.3) is 0 Å². The van der Waals surface area contributed by atoms with E-state index in [9.17, 15) is 14.4 Å². The molecule has 1 N–H and O–H groups in total. The molecule has 6 nitrogen and oxygen atoms in total. The SMILES string of the molecule is O=C(O)CC1CCN(C(=O)C2CSCN2C(=O)c2ccc(Cl)cc2)CC1. The van der Waals surface area contributed by atoms with Crippen molar-refractivity contribution < 1.29 is 19.5 Å².